The van der Waals surface area contributed by atoms with Crippen LogP contribution in [-0.4, -0.2) is 0 Å². The van der Waals surface area contributed by atoms with Gasteiger partial charge in [0.25, 0.3) is 0 Å². The molecule has 1 aromatic heterocycles. The van der Waals surface area contributed by atoms with Crippen LogP contribution in [0.3, 0.4) is 0 Å². The van der Waals surface area contributed by atoms with E-state index in [9.17, 15) is 0 Å². The van der Waals surface area contributed by atoms with Crippen molar-refractivity contribution < 1.29 is 9.47 Å². The Kier molecular flexibility index (Phi) is 4.48. The lowest BCUT2D eigenvalue weighted by Crippen LogP contribution is -2.20. The van der Waals surface area contributed by atoms with E-state index in [2.05, 4.69) is 120 Å². The van der Waals surface area contributed by atoms with Gasteiger partial charge in [-0.1, -0.05) is 91.0 Å². The van der Waals surface area contributed by atoms with Crippen molar-refractivity contribution in [3.63, 3.8) is 0 Å². The molecule has 0 radical (unpaired) electrons. The smallest absolute Gasteiger partial charge is 0.164 e. The first-order chi connectivity index (χ1) is 19.8. The zero-order valence-corrected chi connectivity index (χ0v) is 22.1. The summed E-state index contributed by atoms with van der Waals surface area (Å²) in [5.74, 6) is 3.33. The molecule has 7 aromatic rings. The summed E-state index contributed by atoms with van der Waals surface area (Å²) >= 11 is 1.77. The zero-order chi connectivity index (χ0) is 26.2. The molecule has 40 heavy (non-hydrogen) atoms. The van der Waals surface area contributed by atoms with Crippen LogP contribution in [0.4, 0.5) is 17.1 Å². The summed E-state index contributed by atoms with van der Waals surface area (Å²) in [5, 5.41) is 2.33. The molecule has 6 aromatic carbocycles. The van der Waals surface area contributed by atoms with Crippen molar-refractivity contribution >= 4 is 48.6 Å². The van der Waals surface area contributed by atoms with Crippen molar-refractivity contribution in [2.24, 2.45) is 0 Å². The monoisotopic (exact) mass is 531 g/mol. The molecule has 0 spiro atoms. The topological polar surface area (TPSA) is 21.7 Å². The molecule has 0 fully saturated rings. The minimum atomic E-state index is 0.810. The zero-order valence-electron chi connectivity index (χ0n) is 21.3. The summed E-state index contributed by atoms with van der Waals surface area (Å²) in [4.78, 5) is 2.32. The Balaban J connectivity index is 1.32. The third-order valence-electron chi connectivity index (χ3n) is 7.83. The van der Waals surface area contributed by atoms with Gasteiger partial charge in [-0.15, -0.1) is 11.3 Å². The van der Waals surface area contributed by atoms with Gasteiger partial charge in [-0.2, -0.15) is 0 Å². The number of anilines is 3. The number of hydrogen-bond acceptors (Lipinski definition) is 4. The van der Waals surface area contributed by atoms with Gasteiger partial charge in [-0.05, 0) is 52.6 Å². The first-order valence-electron chi connectivity index (χ1n) is 13.3. The average Bonchev–Trinajstić information content (AvgIpc) is 3.39. The van der Waals surface area contributed by atoms with Gasteiger partial charge in [0.2, 0.25) is 0 Å². The molecule has 0 saturated heterocycles. The lowest BCUT2D eigenvalue weighted by Gasteiger charge is -2.38. The van der Waals surface area contributed by atoms with E-state index in [1.54, 1.807) is 11.3 Å². The molecule has 0 aliphatic carbocycles. The molecule has 0 N–H and O–H groups in total. The third kappa shape index (κ3) is 3.11. The first kappa shape index (κ1) is 21.8. The molecule has 2 aliphatic rings. The molecule has 4 heteroatoms. The highest BCUT2D eigenvalue weighted by molar-refractivity contribution is 7.26. The molecular formula is C36H21NO2S. The van der Waals surface area contributed by atoms with E-state index in [0.29, 0.717) is 0 Å². The Bertz CT molecular complexity index is 2100. The van der Waals surface area contributed by atoms with Crippen LogP contribution in [0.25, 0.3) is 42.4 Å². The van der Waals surface area contributed by atoms with E-state index in [1.165, 1.54) is 10.1 Å². The number of rotatable bonds is 2. The van der Waals surface area contributed by atoms with Crippen LogP contribution in [0.1, 0.15) is 0 Å². The number of nitrogens with zero attached hydrogens (tertiary/aromatic N) is 1. The first-order valence-corrected chi connectivity index (χ1v) is 14.2. The summed E-state index contributed by atoms with van der Waals surface area (Å²) in [7, 11) is 0. The molecule has 188 valence electrons. The Labute approximate surface area is 235 Å². The third-order valence-corrected chi connectivity index (χ3v) is 8.95. The Morgan fingerprint density at radius 2 is 1.07 bits per heavy atom. The minimum Gasteiger partial charge on any atom is -0.453 e. The fourth-order valence-electron chi connectivity index (χ4n) is 5.99. The lowest BCUT2D eigenvalue weighted by molar-refractivity contribution is 0.450. The number of fused-ring (bicyclic) bond motifs is 8. The SMILES string of the molecule is c1ccc(-c2ccc3c(c2)Oc2cc4sc5ccccc5c4c4c2N3c2ccc(-c3ccccc3)cc2O4)cc1. The Morgan fingerprint density at radius 3 is 1.75 bits per heavy atom. The van der Waals surface area contributed by atoms with Crippen LogP contribution in [0.15, 0.2) is 127 Å². The Hall–Kier alpha value is -5.06. The van der Waals surface area contributed by atoms with Crippen molar-refractivity contribution in [1.82, 2.24) is 0 Å². The highest BCUT2D eigenvalue weighted by Crippen LogP contribution is 2.63. The van der Waals surface area contributed by atoms with Crippen LogP contribution in [0.2, 0.25) is 0 Å². The molecule has 3 heterocycles. The van der Waals surface area contributed by atoms with Gasteiger partial charge in [0.1, 0.15) is 5.69 Å². The quantitative estimate of drug-likeness (QED) is 0.221. The van der Waals surface area contributed by atoms with Crippen molar-refractivity contribution in [1.29, 1.82) is 0 Å². The van der Waals surface area contributed by atoms with Gasteiger partial charge < -0.3 is 9.47 Å². The fourth-order valence-corrected chi connectivity index (χ4v) is 7.12. The second kappa shape index (κ2) is 8.22. The van der Waals surface area contributed by atoms with E-state index in [-0.39, 0.29) is 0 Å². The number of benzene rings is 6. The highest BCUT2D eigenvalue weighted by atomic mass is 32.1. The molecule has 9 rings (SSSR count). The van der Waals surface area contributed by atoms with Crippen molar-refractivity contribution in [2.75, 3.05) is 4.90 Å². The molecule has 2 aliphatic heterocycles. The normalized spacial score (nSPS) is 12.8. The molecular weight excluding hydrogens is 510 g/mol. The predicted octanol–water partition coefficient (Wildman–Crippen LogP) is 11.1. The molecule has 0 saturated carbocycles. The van der Waals surface area contributed by atoms with E-state index in [1.807, 2.05) is 12.1 Å². The van der Waals surface area contributed by atoms with Crippen LogP contribution in [0.5, 0.6) is 23.0 Å². The fraction of sp³-hybridized carbons (Fsp3) is 0. The summed E-state index contributed by atoms with van der Waals surface area (Å²) < 4.78 is 15.9. The highest BCUT2D eigenvalue weighted by Gasteiger charge is 2.37. The minimum absolute atomic E-state index is 0.810. The average molecular weight is 532 g/mol. The number of hydrogen-bond donors (Lipinski definition) is 0. The summed E-state index contributed by atoms with van der Waals surface area (Å²) in [5.41, 5.74) is 7.53. The maximum atomic E-state index is 6.86. The van der Waals surface area contributed by atoms with Gasteiger partial charge in [0, 0.05) is 26.2 Å². The number of thiophene rings is 1. The van der Waals surface area contributed by atoms with E-state index >= 15 is 0 Å². The second-order valence-electron chi connectivity index (χ2n) is 10.2. The van der Waals surface area contributed by atoms with Crippen molar-refractivity contribution in [2.45, 2.75) is 0 Å². The van der Waals surface area contributed by atoms with Gasteiger partial charge >= 0.3 is 0 Å². The van der Waals surface area contributed by atoms with Crippen molar-refractivity contribution in [3.8, 4) is 45.3 Å². The van der Waals surface area contributed by atoms with Gasteiger partial charge in [-0.25, -0.2) is 0 Å². The molecule has 0 unspecified atom stereocenters. The largest absolute Gasteiger partial charge is 0.453 e. The van der Waals surface area contributed by atoms with Crippen LogP contribution in [0, 0.1) is 0 Å². The standard InChI is InChI=1S/C36H21NO2S/c1-3-9-22(10-4-1)24-15-17-27-29(19-24)38-31-21-33-34(26-13-7-8-14-32(26)40-33)36-35(31)37(27)28-18-16-25(20-30(28)39-36)23-11-5-2-6-12-23/h1-21H. The maximum Gasteiger partial charge on any atom is 0.164 e. The summed E-state index contributed by atoms with van der Waals surface area (Å²) in [6.45, 7) is 0. The van der Waals surface area contributed by atoms with Gasteiger partial charge in [0.15, 0.2) is 23.0 Å². The predicted molar refractivity (Wildman–Crippen MR) is 165 cm³/mol. The summed E-state index contributed by atoms with van der Waals surface area (Å²) in [6.07, 6.45) is 0. The van der Waals surface area contributed by atoms with E-state index in [4.69, 9.17) is 9.47 Å². The van der Waals surface area contributed by atoms with Gasteiger partial charge in [-0.3, -0.25) is 4.90 Å². The number of ether oxygens (including phenoxy) is 2. The van der Waals surface area contributed by atoms with Gasteiger partial charge in [0.05, 0.1) is 11.4 Å². The van der Waals surface area contributed by atoms with E-state index in [0.717, 1.165) is 72.4 Å². The Morgan fingerprint density at radius 1 is 0.475 bits per heavy atom. The van der Waals surface area contributed by atoms with Crippen LogP contribution in [-0.2, 0) is 0 Å². The lowest BCUT2D eigenvalue weighted by atomic mass is 9.99. The molecule has 0 atom stereocenters. The molecule has 3 nitrogen and oxygen atoms in total. The molecule has 0 bridgehead atoms. The molecule has 0 amide bonds. The van der Waals surface area contributed by atoms with Crippen LogP contribution >= 0.6 is 11.3 Å². The second-order valence-corrected chi connectivity index (χ2v) is 11.2. The summed E-state index contributed by atoms with van der Waals surface area (Å²) in [6, 6.07) is 44.6. The maximum absolute atomic E-state index is 6.86. The van der Waals surface area contributed by atoms with Crippen LogP contribution < -0.4 is 14.4 Å². The van der Waals surface area contributed by atoms with Crippen molar-refractivity contribution in [3.05, 3.63) is 127 Å². The van der Waals surface area contributed by atoms with E-state index < -0.39 is 0 Å².